The molecule has 0 saturated carbocycles. The zero-order chi connectivity index (χ0) is 17.1. The smallest absolute Gasteiger partial charge is 0.255 e. The third-order valence-corrected chi connectivity index (χ3v) is 3.63. The highest BCUT2D eigenvalue weighted by molar-refractivity contribution is 6.30. The Balaban J connectivity index is 1.96. The van der Waals surface area contributed by atoms with Crippen LogP contribution in [-0.4, -0.2) is 10.9 Å². The topological polar surface area (TPSA) is 42.0 Å². The molecule has 0 unspecified atom stereocenters. The maximum atomic E-state index is 13.6. The highest BCUT2D eigenvalue weighted by Crippen LogP contribution is 2.30. The van der Waals surface area contributed by atoms with Gasteiger partial charge >= 0.3 is 0 Å². The van der Waals surface area contributed by atoms with Crippen molar-refractivity contribution in [2.45, 2.75) is 0 Å². The molecule has 2 aromatic carbocycles. The summed E-state index contributed by atoms with van der Waals surface area (Å²) in [4.78, 5) is 15.7. The summed E-state index contributed by atoms with van der Waals surface area (Å²) >= 11 is 5.86. The summed E-state index contributed by atoms with van der Waals surface area (Å²) in [5, 5.41) is 3.21. The van der Waals surface area contributed by atoms with Crippen LogP contribution in [0.2, 0.25) is 5.02 Å². The van der Waals surface area contributed by atoms with Gasteiger partial charge in [0, 0.05) is 34.1 Å². The van der Waals surface area contributed by atoms with Crippen LogP contribution in [0.15, 0.2) is 60.8 Å². The van der Waals surface area contributed by atoms with Crippen LogP contribution in [0.4, 0.5) is 14.5 Å². The van der Waals surface area contributed by atoms with Crippen molar-refractivity contribution in [3.8, 4) is 11.1 Å². The molecule has 24 heavy (non-hydrogen) atoms. The van der Waals surface area contributed by atoms with Crippen LogP contribution in [-0.2, 0) is 0 Å². The van der Waals surface area contributed by atoms with Crippen molar-refractivity contribution in [1.29, 1.82) is 0 Å². The number of hydrogen-bond donors (Lipinski definition) is 1. The number of hydrogen-bond acceptors (Lipinski definition) is 2. The minimum Gasteiger partial charge on any atom is -0.321 e. The lowest BCUT2D eigenvalue weighted by Gasteiger charge is -2.12. The zero-order valence-electron chi connectivity index (χ0n) is 12.3. The van der Waals surface area contributed by atoms with Crippen molar-refractivity contribution in [3.63, 3.8) is 0 Å². The van der Waals surface area contributed by atoms with Gasteiger partial charge < -0.3 is 5.32 Å². The Labute approximate surface area is 141 Å². The molecule has 0 spiro atoms. The van der Waals surface area contributed by atoms with E-state index in [1.54, 1.807) is 24.3 Å². The van der Waals surface area contributed by atoms with E-state index in [1.807, 2.05) is 0 Å². The summed E-state index contributed by atoms with van der Waals surface area (Å²) in [6, 6.07) is 13.2. The molecular weight excluding hydrogens is 334 g/mol. The van der Waals surface area contributed by atoms with E-state index in [9.17, 15) is 13.6 Å². The Hall–Kier alpha value is -2.79. The Kier molecular flexibility index (Phi) is 4.53. The van der Waals surface area contributed by atoms with E-state index in [2.05, 4.69) is 10.3 Å². The maximum absolute atomic E-state index is 13.6. The second-order valence-corrected chi connectivity index (χ2v) is 5.45. The third-order valence-electron chi connectivity index (χ3n) is 3.37. The summed E-state index contributed by atoms with van der Waals surface area (Å²) in [5.41, 5.74) is 1.71. The number of benzene rings is 2. The van der Waals surface area contributed by atoms with E-state index in [1.165, 1.54) is 30.5 Å². The molecule has 0 aliphatic rings. The molecule has 0 saturated heterocycles. The average molecular weight is 345 g/mol. The van der Waals surface area contributed by atoms with Gasteiger partial charge in [-0.2, -0.15) is 4.39 Å². The molecule has 1 heterocycles. The van der Waals surface area contributed by atoms with Gasteiger partial charge in [0.15, 0.2) is 0 Å². The predicted octanol–water partition coefficient (Wildman–Crippen LogP) is 4.93. The van der Waals surface area contributed by atoms with E-state index in [4.69, 9.17) is 11.6 Å². The lowest BCUT2D eigenvalue weighted by atomic mass is 10.0. The molecule has 0 fully saturated rings. The number of nitrogens with one attached hydrogen (secondary N) is 1. The molecule has 0 aliphatic carbocycles. The van der Waals surface area contributed by atoms with Crippen molar-refractivity contribution in [1.82, 2.24) is 4.98 Å². The number of anilines is 1. The predicted molar refractivity (Wildman–Crippen MR) is 89.0 cm³/mol. The Bertz CT molecular complexity index is 898. The first-order chi connectivity index (χ1) is 11.5. The van der Waals surface area contributed by atoms with Gasteiger partial charge in [0.25, 0.3) is 5.91 Å². The van der Waals surface area contributed by atoms with Crippen LogP contribution in [0.3, 0.4) is 0 Å². The fourth-order valence-electron chi connectivity index (χ4n) is 2.23. The van der Waals surface area contributed by atoms with Gasteiger partial charge in [-0.05, 0) is 42.0 Å². The highest BCUT2D eigenvalue weighted by atomic mass is 35.5. The molecule has 0 aliphatic heterocycles. The van der Waals surface area contributed by atoms with Crippen molar-refractivity contribution < 1.29 is 13.6 Å². The molecule has 1 N–H and O–H groups in total. The normalized spacial score (nSPS) is 10.5. The molecule has 1 amide bonds. The van der Waals surface area contributed by atoms with Gasteiger partial charge in [0.1, 0.15) is 5.82 Å². The minimum absolute atomic E-state index is 0.119. The first kappa shape index (κ1) is 16.1. The Morgan fingerprint density at radius 3 is 2.46 bits per heavy atom. The molecule has 0 bridgehead atoms. The van der Waals surface area contributed by atoms with E-state index in [0.29, 0.717) is 21.8 Å². The van der Waals surface area contributed by atoms with Crippen LogP contribution >= 0.6 is 11.6 Å². The average Bonchev–Trinajstić information content (AvgIpc) is 2.57. The van der Waals surface area contributed by atoms with Gasteiger partial charge in [-0.1, -0.05) is 23.7 Å². The number of nitrogens with zero attached hydrogens (tertiary/aromatic N) is 1. The Morgan fingerprint density at radius 2 is 1.75 bits per heavy atom. The molecule has 3 aromatic rings. The van der Waals surface area contributed by atoms with Crippen LogP contribution in [0.25, 0.3) is 11.1 Å². The van der Waals surface area contributed by atoms with Crippen molar-refractivity contribution in [2.75, 3.05) is 5.32 Å². The van der Waals surface area contributed by atoms with Gasteiger partial charge in [-0.3, -0.25) is 4.79 Å². The number of halogens is 3. The molecule has 6 heteroatoms. The van der Waals surface area contributed by atoms with Crippen molar-refractivity contribution in [3.05, 3.63) is 83.1 Å². The van der Waals surface area contributed by atoms with Gasteiger partial charge in [0.05, 0.1) is 0 Å². The first-order valence-electron chi connectivity index (χ1n) is 7.01. The molecule has 0 radical (unpaired) electrons. The second-order valence-electron chi connectivity index (χ2n) is 5.02. The van der Waals surface area contributed by atoms with Gasteiger partial charge in [-0.25, -0.2) is 9.37 Å². The summed E-state index contributed by atoms with van der Waals surface area (Å²) in [6.45, 7) is 0. The van der Waals surface area contributed by atoms with E-state index in [0.717, 1.165) is 6.07 Å². The maximum Gasteiger partial charge on any atom is 0.255 e. The van der Waals surface area contributed by atoms with Crippen LogP contribution < -0.4 is 5.32 Å². The summed E-state index contributed by atoms with van der Waals surface area (Å²) in [5.74, 6) is -1.70. The fraction of sp³-hybridized carbons (Fsp3) is 0. The fourth-order valence-corrected chi connectivity index (χ4v) is 2.36. The molecule has 3 nitrogen and oxygen atoms in total. The van der Waals surface area contributed by atoms with Crippen LogP contribution in [0, 0.1) is 11.8 Å². The molecule has 0 atom stereocenters. The zero-order valence-corrected chi connectivity index (χ0v) is 13.0. The second kappa shape index (κ2) is 6.76. The number of carbonyl (C=O) groups excluding carboxylic acids is 1. The number of pyridine rings is 1. The standard InChI is InChI=1S/C18H11ClF2N2O/c19-13-3-1-11(2-4-13)15-10-14(20)5-6-16(15)23-18(24)12-7-8-22-17(21)9-12/h1-10H,(H,23,24). The molecule has 3 rings (SSSR count). The molecule has 120 valence electrons. The lowest BCUT2D eigenvalue weighted by Crippen LogP contribution is -2.13. The van der Waals surface area contributed by atoms with E-state index in [-0.39, 0.29) is 5.56 Å². The summed E-state index contributed by atoms with van der Waals surface area (Å²) < 4.78 is 26.8. The largest absolute Gasteiger partial charge is 0.321 e. The van der Waals surface area contributed by atoms with E-state index < -0.39 is 17.7 Å². The van der Waals surface area contributed by atoms with Gasteiger partial charge in [-0.15, -0.1) is 0 Å². The monoisotopic (exact) mass is 344 g/mol. The summed E-state index contributed by atoms with van der Waals surface area (Å²) in [6.07, 6.45) is 1.20. The third kappa shape index (κ3) is 3.58. The van der Waals surface area contributed by atoms with Crippen LogP contribution in [0.1, 0.15) is 10.4 Å². The minimum atomic E-state index is -0.750. The molecule has 1 aromatic heterocycles. The first-order valence-corrected chi connectivity index (χ1v) is 7.39. The van der Waals surface area contributed by atoms with Crippen LogP contribution in [0.5, 0.6) is 0 Å². The van der Waals surface area contributed by atoms with Crippen molar-refractivity contribution >= 4 is 23.2 Å². The Morgan fingerprint density at radius 1 is 1.00 bits per heavy atom. The number of carbonyl (C=O) groups is 1. The number of rotatable bonds is 3. The number of aromatic nitrogens is 1. The van der Waals surface area contributed by atoms with Crippen molar-refractivity contribution in [2.24, 2.45) is 0 Å². The lowest BCUT2D eigenvalue weighted by molar-refractivity contribution is 0.102. The quantitative estimate of drug-likeness (QED) is 0.684. The SMILES string of the molecule is O=C(Nc1ccc(F)cc1-c1ccc(Cl)cc1)c1ccnc(F)c1. The van der Waals surface area contributed by atoms with Gasteiger partial charge in [0.2, 0.25) is 5.95 Å². The number of amides is 1. The molecular formula is C18H11ClF2N2O. The highest BCUT2D eigenvalue weighted by Gasteiger charge is 2.12. The summed E-state index contributed by atoms with van der Waals surface area (Å²) in [7, 11) is 0. The van der Waals surface area contributed by atoms with E-state index >= 15 is 0 Å².